The molecule has 0 bridgehead atoms. The van der Waals surface area contributed by atoms with E-state index >= 15 is 0 Å². The minimum atomic E-state index is -3.72. The molecule has 0 saturated heterocycles. The molecule has 0 spiro atoms. The van der Waals surface area contributed by atoms with Gasteiger partial charge in [-0.1, -0.05) is 6.07 Å². The Balaban J connectivity index is 1.58. The standard InChI is InChI=1S/C19H19N3O4S2/c1-13-9-14(2)11-16(10-13)26-12-18(23)21-15-3-5-17(6-4-15)28(24,25)22-19-20-7-8-27-19/h3-11H,12H2,1-2H3,(H,20,22)(H,21,23). The minimum absolute atomic E-state index is 0.0761. The van der Waals surface area contributed by atoms with Gasteiger partial charge in [-0.3, -0.25) is 9.52 Å². The Labute approximate surface area is 167 Å². The number of hydrogen-bond acceptors (Lipinski definition) is 6. The lowest BCUT2D eigenvalue weighted by molar-refractivity contribution is -0.118. The van der Waals surface area contributed by atoms with Gasteiger partial charge in [0.2, 0.25) is 0 Å². The van der Waals surface area contributed by atoms with E-state index in [0.717, 1.165) is 11.1 Å². The zero-order chi connectivity index (χ0) is 20.1. The highest BCUT2D eigenvalue weighted by molar-refractivity contribution is 7.93. The number of anilines is 2. The summed E-state index contributed by atoms with van der Waals surface area (Å²) in [4.78, 5) is 16.0. The van der Waals surface area contributed by atoms with Gasteiger partial charge in [0.05, 0.1) is 4.90 Å². The van der Waals surface area contributed by atoms with Crippen LogP contribution in [-0.4, -0.2) is 25.9 Å². The van der Waals surface area contributed by atoms with E-state index in [0.29, 0.717) is 16.6 Å². The van der Waals surface area contributed by atoms with Crippen LogP contribution in [0.5, 0.6) is 5.75 Å². The largest absolute Gasteiger partial charge is 0.484 e. The topological polar surface area (TPSA) is 97.4 Å². The number of nitrogens with one attached hydrogen (secondary N) is 2. The molecule has 0 radical (unpaired) electrons. The Bertz CT molecular complexity index is 1040. The minimum Gasteiger partial charge on any atom is -0.484 e. The Morgan fingerprint density at radius 1 is 1.11 bits per heavy atom. The number of amides is 1. The molecular formula is C19H19N3O4S2. The van der Waals surface area contributed by atoms with Crippen LogP contribution in [0, 0.1) is 13.8 Å². The van der Waals surface area contributed by atoms with Crippen molar-refractivity contribution in [1.82, 2.24) is 4.98 Å². The predicted molar refractivity (Wildman–Crippen MR) is 109 cm³/mol. The molecule has 3 rings (SSSR count). The number of carbonyl (C=O) groups is 1. The van der Waals surface area contributed by atoms with E-state index in [1.165, 1.54) is 41.8 Å². The Morgan fingerprint density at radius 3 is 2.39 bits per heavy atom. The van der Waals surface area contributed by atoms with Crippen molar-refractivity contribution in [2.45, 2.75) is 18.7 Å². The molecule has 0 fully saturated rings. The predicted octanol–water partition coefficient (Wildman–Crippen LogP) is 3.58. The second kappa shape index (κ2) is 8.41. The number of aryl methyl sites for hydroxylation is 2. The van der Waals surface area contributed by atoms with E-state index < -0.39 is 10.0 Å². The highest BCUT2D eigenvalue weighted by Crippen LogP contribution is 2.20. The molecule has 0 aliphatic carbocycles. The maximum atomic E-state index is 12.3. The maximum absolute atomic E-state index is 12.3. The van der Waals surface area contributed by atoms with Crippen LogP contribution >= 0.6 is 11.3 Å². The van der Waals surface area contributed by atoms with Crippen LogP contribution in [0.2, 0.25) is 0 Å². The number of sulfonamides is 1. The first-order chi connectivity index (χ1) is 13.3. The maximum Gasteiger partial charge on any atom is 0.263 e. The summed E-state index contributed by atoms with van der Waals surface area (Å²) in [7, 11) is -3.72. The van der Waals surface area contributed by atoms with Crippen molar-refractivity contribution in [3.8, 4) is 5.75 Å². The molecule has 28 heavy (non-hydrogen) atoms. The molecule has 146 valence electrons. The first-order valence-corrected chi connectivity index (χ1v) is 10.7. The van der Waals surface area contributed by atoms with Crippen molar-refractivity contribution >= 4 is 38.1 Å². The van der Waals surface area contributed by atoms with Crippen LogP contribution < -0.4 is 14.8 Å². The van der Waals surface area contributed by atoms with Crippen LogP contribution in [-0.2, 0) is 14.8 Å². The number of carbonyl (C=O) groups excluding carboxylic acids is 1. The fraction of sp³-hybridized carbons (Fsp3) is 0.158. The van der Waals surface area contributed by atoms with Crippen LogP contribution in [0.3, 0.4) is 0 Å². The van der Waals surface area contributed by atoms with E-state index in [2.05, 4.69) is 15.0 Å². The summed E-state index contributed by atoms with van der Waals surface area (Å²) in [5.41, 5.74) is 2.58. The number of rotatable bonds is 7. The van der Waals surface area contributed by atoms with Crippen LogP contribution in [0.1, 0.15) is 11.1 Å². The molecule has 0 unspecified atom stereocenters. The fourth-order valence-corrected chi connectivity index (χ4v) is 4.32. The summed E-state index contributed by atoms with van der Waals surface area (Å²) < 4.78 is 32.5. The Kier molecular flexibility index (Phi) is 5.96. The molecule has 2 aromatic carbocycles. The lowest BCUT2D eigenvalue weighted by atomic mass is 10.1. The second-order valence-electron chi connectivity index (χ2n) is 6.13. The smallest absolute Gasteiger partial charge is 0.263 e. The average Bonchev–Trinajstić information content (AvgIpc) is 3.12. The van der Waals surface area contributed by atoms with E-state index in [-0.39, 0.29) is 17.4 Å². The van der Waals surface area contributed by atoms with Gasteiger partial charge in [-0.25, -0.2) is 13.4 Å². The van der Waals surface area contributed by atoms with Crippen molar-refractivity contribution in [2.75, 3.05) is 16.6 Å². The number of thiazole rings is 1. The quantitative estimate of drug-likeness (QED) is 0.612. The Hall–Kier alpha value is -2.91. The van der Waals surface area contributed by atoms with E-state index in [4.69, 9.17) is 4.74 Å². The molecular weight excluding hydrogens is 398 g/mol. The summed E-state index contributed by atoms with van der Waals surface area (Å²) in [5.74, 6) is 0.290. The van der Waals surface area contributed by atoms with Gasteiger partial charge >= 0.3 is 0 Å². The van der Waals surface area contributed by atoms with Gasteiger partial charge < -0.3 is 10.1 Å². The zero-order valence-electron chi connectivity index (χ0n) is 15.3. The monoisotopic (exact) mass is 417 g/mol. The van der Waals surface area contributed by atoms with Crippen molar-refractivity contribution in [3.63, 3.8) is 0 Å². The number of ether oxygens (including phenoxy) is 1. The molecule has 0 aliphatic heterocycles. The molecule has 1 amide bonds. The van der Waals surface area contributed by atoms with Gasteiger partial charge in [-0.15, -0.1) is 11.3 Å². The van der Waals surface area contributed by atoms with Crippen LogP contribution in [0.4, 0.5) is 10.8 Å². The molecule has 0 saturated carbocycles. The molecule has 1 heterocycles. The summed E-state index contributed by atoms with van der Waals surface area (Å²) in [5, 5.41) is 4.65. The Morgan fingerprint density at radius 2 is 1.79 bits per heavy atom. The third-order valence-electron chi connectivity index (χ3n) is 3.67. The van der Waals surface area contributed by atoms with Crippen LogP contribution in [0.15, 0.2) is 58.9 Å². The molecule has 9 heteroatoms. The highest BCUT2D eigenvalue weighted by Gasteiger charge is 2.15. The summed E-state index contributed by atoms with van der Waals surface area (Å²) >= 11 is 1.19. The van der Waals surface area contributed by atoms with Gasteiger partial charge in [-0.2, -0.15) is 0 Å². The number of hydrogen-bond donors (Lipinski definition) is 2. The molecule has 0 aliphatic rings. The van der Waals surface area contributed by atoms with Gasteiger partial charge in [0.25, 0.3) is 15.9 Å². The lowest BCUT2D eigenvalue weighted by Crippen LogP contribution is -2.20. The SMILES string of the molecule is Cc1cc(C)cc(OCC(=O)Nc2ccc(S(=O)(=O)Nc3nccs3)cc2)c1. The highest BCUT2D eigenvalue weighted by atomic mass is 32.2. The first-order valence-electron chi connectivity index (χ1n) is 8.35. The van der Waals surface area contributed by atoms with Gasteiger partial charge in [0.15, 0.2) is 11.7 Å². The van der Waals surface area contributed by atoms with Crippen molar-refractivity contribution in [2.24, 2.45) is 0 Å². The number of aromatic nitrogens is 1. The number of benzene rings is 2. The van der Waals surface area contributed by atoms with E-state index in [1.54, 1.807) is 5.38 Å². The normalized spacial score (nSPS) is 11.1. The summed E-state index contributed by atoms with van der Waals surface area (Å²) in [6.07, 6.45) is 1.52. The second-order valence-corrected chi connectivity index (χ2v) is 8.70. The van der Waals surface area contributed by atoms with Gasteiger partial charge in [0, 0.05) is 17.3 Å². The molecule has 1 aromatic heterocycles. The van der Waals surface area contributed by atoms with Gasteiger partial charge in [-0.05, 0) is 61.4 Å². The molecule has 0 atom stereocenters. The fourth-order valence-electron chi connectivity index (χ4n) is 2.53. The number of nitrogens with zero attached hydrogens (tertiary/aromatic N) is 1. The lowest BCUT2D eigenvalue weighted by Gasteiger charge is -2.10. The van der Waals surface area contributed by atoms with Crippen molar-refractivity contribution in [3.05, 3.63) is 65.2 Å². The first kappa shape index (κ1) is 19.8. The van der Waals surface area contributed by atoms with Crippen molar-refractivity contribution < 1.29 is 17.9 Å². The third-order valence-corrected chi connectivity index (χ3v) is 5.84. The molecule has 3 aromatic rings. The average molecular weight is 418 g/mol. The third kappa shape index (κ3) is 5.30. The van der Waals surface area contributed by atoms with Crippen LogP contribution in [0.25, 0.3) is 0 Å². The van der Waals surface area contributed by atoms with E-state index in [9.17, 15) is 13.2 Å². The van der Waals surface area contributed by atoms with Crippen molar-refractivity contribution in [1.29, 1.82) is 0 Å². The summed E-state index contributed by atoms with van der Waals surface area (Å²) in [6.45, 7) is 3.77. The van der Waals surface area contributed by atoms with E-state index in [1.807, 2.05) is 32.0 Å². The van der Waals surface area contributed by atoms with Gasteiger partial charge in [0.1, 0.15) is 5.75 Å². The molecule has 2 N–H and O–H groups in total. The zero-order valence-corrected chi connectivity index (χ0v) is 16.9. The molecule has 7 nitrogen and oxygen atoms in total. The summed E-state index contributed by atoms with van der Waals surface area (Å²) in [6, 6.07) is 11.6.